The SMILES string of the molecule is CC(C)CNc1nnc(SCC(=O)Nc2cc3c(cc2Cl)OCCO3)s1. The largest absolute Gasteiger partial charge is 0.486 e. The maximum atomic E-state index is 12.2. The van der Waals surface area contributed by atoms with Gasteiger partial charge < -0.3 is 20.1 Å². The second-order valence-corrected chi connectivity index (χ2v) is 8.57. The highest BCUT2D eigenvalue weighted by atomic mass is 35.5. The number of thioether (sulfide) groups is 1. The summed E-state index contributed by atoms with van der Waals surface area (Å²) in [5, 5.41) is 15.3. The standard InChI is InChI=1S/C16H19ClN4O3S2/c1-9(2)7-18-15-20-21-16(26-15)25-8-14(22)19-11-6-13-12(5-10(11)17)23-3-4-24-13/h5-6,9H,3-4,7-8H2,1-2H3,(H,18,20)(H,19,22). The Labute approximate surface area is 164 Å². The Hall–Kier alpha value is -1.71. The molecular weight excluding hydrogens is 396 g/mol. The van der Waals surface area contributed by atoms with Gasteiger partial charge in [0.25, 0.3) is 0 Å². The second kappa shape index (κ2) is 8.79. The van der Waals surface area contributed by atoms with Gasteiger partial charge in [0, 0.05) is 18.7 Å². The van der Waals surface area contributed by atoms with Crippen LogP contribution in [0.15, 0.2) is 16.5 Å². The average molecular weight is 415 g/mol. The van der Waals surface area contributed by atoms with E-state index in [0.717, 1.165) is 16.0 Å². The third-order valence-electron chi connectivity index (χ3n) is 3.30. The minimum atomic E-state index is -0.180. The lowest BCUT2D eigenvalue weighted by Crippen LogP contribution is -2.17. The minimum Gasteiger partial charge on any atom is -0.486 e. The van der Waals surface area contributed by atoms with Crippen LogP contribution in [-0.2, 0) is 4.79 Å². The van der Waals surface area contributed by atoms with Crippen molar-refractivity contribution in [3.05, 3.63) is 17.2 Å². The lowest BCUT2D eigenvalue weighted by atomic mass is 10.2. The number of fused-ring (bicyclic) bond motifs is 1. The van der Waals surface area contributed by atoms with Gasteiger partial charge in [-0.05, 0) is 5.92 Å². The van der Waals surface area contributed by atoms with Crippen LogP contribution in [0.25, 0.3) is 0 Å². The summed E-state index contributed by atoms with van der Waals surface area (Å²) in [5.74, 6) is 1.72. The molecule has 3 rings (SSSR count). The van der Waals surface area contributed by atoms with Crippen LogP contribution in [0.1, 0.15) is 13.8 Å². The fraction of sp³-hybridized carbons (Fsp3) is 0.438. The molecule has 0 aliphatic carbocycles. The van der Waals surface area contributed by atoms with Gasteiger partial charge in [-0.3, -0.25) is 4.79 Å². The number of nitrogens with zero attached hydrogens (tertiary/aromatic N) is 2. The summed E-state index contributed by atoms with van der Waals surface area (Å²) in [6.45, 7) is 6.04. The van der Waals surface area contributed by atoms with E-state index < -0.39 is 0 Å². The molecule has 7 nitrogen and oxygen atoms in total. The molecule has 0 saturated heterocycles. The van der Waals surface area contributed by atoms with Crippen molar-refractivity contribution in [3.8, 4) is 11.5 Å². The van der Waals surface area contributed by atoms with Crippen LogP contribution in [0.2, 0.25) is 5.02 Å². The number of aromatic nitrogens is 2. The van der Waals surface area contributed by atoms with Gasteiger partial charge in [0.05, 0.1) is 16.5 Å². The second-order valence-electron chi connectivity index (χ2n) is 5.96. The first-order valence-electron chi connectivity index (χ1n) is 8.10. The number of amides is 1. The smallest absolute Gasteiger partial charge is 0.234 e. The summed E-state index contributed by atoms with van der Waals surface area (Å²) < 4.78 is 11.7. The van der Waals surface area contributed by atoms with E-state index >= 15 is 0 Å². The molecule has 0 radical (unpaired) electrons. The van der Waals surface area contributed by atoms with Crippen LogP contribution in [0, 0.1) is 5.92 Å². The van der Waals surface area contributed by atoms with Crippen molar-refractivity contribution >= 4 is 51.4 Å². The number of benzene rings is 1. The molecule has 0 unspecified atom stereocenters. The molecule has 10 heteroatoms. The Morgan fingerprint density at radius 3 is 2.77 bits per heavy atom. The number of rotatable bonds is 7. The summed E-state index contributed by atoms with van der Waals surface area (Å²) in [6, 6.07) is 3.33. The Bertz CT molecular complexity index is 785. The highest BCUT2D eigenvalue weighted by Gasteiger charge is 2.17. The van der Waals surface area contributed by atoms with E-state index in [-0.39, 0.29) is 11.7 Å². The maximum Gasteiger partial charge on any atom is 0.234 e. The predicted octanol–water partition coefficient (Wildman–Crippen LogP) is 3.76. The van der Waals surface area contributed by atoms with E-state index in [1.54, 1.807) is 12.1 Å². The Balaban J connectivity index is 1.53. The van der Waals surface area contributed by atoms with Gasteiger partial charge in [-0.2, -0.15) is 0 Å². The van der Waals surface area contributed by atoms with E-state index in [1.165, 1.54) is 23.1 Å². The van der Waals surface area contributed by atoms with Crippen molar-refractivity contribution in [2.24, 2.45) is 5.92 Å². The molecule has 0 saturated carbocycles. The van der Waals surface area contributed by atoms with E-state index in [2.05, 4.69) is 34.7 Å². The first kappa shape index (κ1) is 19.1. The molecule has 0 bridgehead atoms. The lowest BCUT2D eigenvalue weighted by Gasteiger charge is -2.19. The zero-order valence-corrected chi connectivity index (χ0v) is 16.8. The quantitative estimate of drug-likeness (QED) is 0.667. The molecule has 2 N–H and O–H groups in total. The summed E-state index contributed by atoms with van der Waals surface area (Å²) >= 11 is 8.96. The minimum absolute atomic E-state index is 0.180. The highest BCUT2D eigenvalue weighted by Crippen LogP contribution is 2.38. The number of anilines is 2. The van der Waals surface area contributed by atoms with Crippen molar-refractivity contribution < 1.29 is 14.3 Å². The van der Waals surface area contributed by atoms with Crippen LogP contribution in [0.3, 0.4) is 0 Å². The summed E-state index contributed by atoms with van der Waals surface area (Å²) in [5.41, 5.74) is 0.498. The zero-order valence-electron chi connectivity index (χ0n) is 14.4. The van der Waals surface area contributed by atoms with E-state index in [0.29, 0.717) is 41.3 Å². The fourth-order valence-electron chi connectivity index (χ4n) is 2.10. The molecule has 0 spiro atoms. The molecule has 2 heterocycles. The summed E-state index contributed by atoms with van der Waals surface area (Å²) in [4.78, 5) is 12.2. The molecule has 2 aromatic rings. The fourth-order valence-corrected chi connectivity index (χ4v) is 3.86. The number of halogens is 1. The van der Waals surface area contributed by atoms with E-state index in [4.69, 9.17) is 21.1 Å². The van der Waals surface area contributed by atoms with Crippen molar-refractivity contribution in [1.29, 1.82) is 0 Å². The van der Waals surface area contributed by atoms with Crippen molar-refractivity contribution in [1.82, 2.24) is 10.2 Å². The molecule has 1 aliphatic rings. The van der Waals surface area contributed by atoms with Crippen molar-refractivity contribution in [2.45, 2.75) is 18.2 Å². The molecule has 1 aromatic heterocycles. The van der Waals surface area contributed by atoms with Gasteiger partial charge in [-0.25, -0.2) is 0 Å². The number of carbonyl (C=O) groups excluding carboxylic acids is 1. The van der Waals surface area contributed by atoms with Gasteiger partial charge in [0.2, 0.25) is 11.0 Å². The average Bonchev–Trinajstić information content (AvgIpc) is 3.07. The first-order valence-corrected chi connectivity index (χ1v) is 10.3. The third-order valence-corrected chi connectivity index (χ3v) is 5.63. The molecule has 0 atom stereocenters. The van der Waals surface area contributed by atoms with E-state index in [9.17, 15) is 4.79 Å². The number of hydrogen-bond donors (Lipinski definition) is 2. The molecular formula is C16H19ClN4O3S2. The van der Waals surface area contributed by atoms with Crippen LogP contribution in [0.5, 0.6) is 11.5 Å². The normalized spacial score (nSPS) is 12.9. The Morgan fingerprint density at radius 1 is 1.31 bits per heavy atom. The van der Waals surface area contributed by atoms with Gasteiger partial charge >= 0.3 is 0 Å². The molecule has 1 aliphatic heterocycles. The van der Waals surface area contributed by atoms with Crippen LogP contribution < -0.4 is 20.1 Å². The van der Waals surface area contributed by atoms with Crippen LogP contribution in [0.4, 0.5) is 10.8 Å². The lowest BCUT2D eigenvalue weighted by molar-refractivity contribution is -0.113. The Morgan fingerprint density at radius 2 is 2.04 bits per heavy atom. The first-order chi connectivity index (χ1) is 12.5. The summed E-state index contributed by atoms with van der Waals surface area (Å²) in [7, 11) is 0. The molecule has 1 aromatic carbocycles. The van der Waals surface area contributed by atoms with Gasteiger partial charge in [-0.15, -0.1) is 10.2 Å². The predicted molar refractivity (Wildman–Crippen MR) is 105 cm³/mol. The number of hydrogen-bond acceptors (Lipinski definition) is 8. The summed E-state index contributed by atoms with van der Waals surface area (Å²) in [6.07, 6.45) is 0. The van der Waals surface area contributed by atoms with Gasteiger partial charge in [-0.1, -0.05) is 48.5 Å². The molecule has 140 valence electrons. The zero-order chi connectivity index (χ0) is 18.5. The highest BCUT2D eigenvalue weighted by molar-refractivity contribution is 8.01. The number of carbonyl (C=O) groups is 1. The Kier molecular flexibility index (Phi) is 6.44. The van der Waals surface area contributed by atoms with Crippen molar-refractivity contribution in [3.63, 3.8) is 0 Å². The molecule has 0 fully saturated rings. The number of ether oxygens (including phenoxy) is 2. The third kappa shape index (κ3) is 5.15. The molecule has 1 amide bonds. The van der Waals surface area contributed by atoms with Gasteiger partial charge in [0.1, 0.15) is 13.2 Å². The monoisotopic (exact) mass is 414 g/mol. The van der Waals surface area contributed by atoms with Gasteiger partial charge in [0.15, 0.2) is 15.8 Å². The van der Waals surface area contributed by atoms with Crippen LogP contribution in [-0.4, -0.2) is 41.6 Å². The van der Waals surface area contributed by atoms with E-state index in [1.807, 2.05) is 0 Å². The molecule has 26 heavy (non-hydrogen) atoms. The maximum absolute atomic E-state index is 12.2. The topological polar surface area (TPSA) is 85.4 Å². The number of nitrogens with one attached hydrogen (secondary N) is 2. The van der Waals surface area contributed by atoms with Crippen LogP contribution >= 0.6 is 34.7 Å². The van der Waals surface area contributed by atoms with Crippen molar-refractivity contribution in [2.75, 3.05) is 36.1 Å².